The normalized spacial score (nSPS) is 8.58. The summed E-state index contributed by atoms with van der Waals surface area (Å²) >= 11 is 0. The second kappa shape index (κ2) is 7.30. The first kappa shape index (κ1) is 17.7. The van der Waals surface area contributed by atoms with Gasteiger partial charge in [-0.15, -0.1) is 0 Å². The number of rotatable bonds is 0. The Morgan fingerprint density at radius 3 is 1.00 bits per heavy atom. The van der Waals surface area contributed by atoms with Gasteiger partial charge in [0.25, 0.3) is 0 Å². The third kappa shape index (κ3) is 54.2. The van der Waals surface area contributed by atoms with Crippen molar-refractivity contribution in [3.8, 4) is 0 Å². The molecule has 67 valence electrons. The van der Waals surface area contributed by atoms with Crippen molar-refractivity contribution in [3.63, 3.8) is 0 Å². The minimum Gasteiger partial charge on any atom is -0.473 e. The first-order valence-electron chi connectivity index (χ1n) is 1.89. The molecule has 12 heavy (non-hydrogen) atoms. The van der Waals surface area contributed by atoms with Crippen LogP contribution in [0.25, 0.3) is 0 Å². The molecule has 0 unspecified atom stereocenters. The molecule has 0 rings (SSSR count). The largest absolute Gasteiger partial charge is 0.473 e. The van der Waals surface area contributed by atoms with Crippen LogP contribution in [-0.2, 0) is 14.2 Å². The van der Waals surface area contributed by atoms with E-state index in [2.05, 4.69) is 0 Å². The van der Waals surface area contributed by atoms with Gasteiger partial charge in [0.2, 0.25) is 0 Å². The molecule has 10 heteroatoms. The average Bonchev–Trinajstić information content (AvgIpc) is 1.59. The molecule has 0 bridgehead atoms. The molecule has 8 nitrogen and oxygen atoms in total. The summed E-state index contributed by atoms with van der Waals surface area (Å²) in [7, 11) is -4.64. The van der Waals surface area contributed by atoms with Crippen LogP contribution in [0, 0.1) is 0 Å². The fourth-order valence-corrected chi connectivity index (χ4v) is 0. The van der Waals surface area contributed by atoms with Crippen molar-refractivity contribution >= 4 is 38.6 Å². The molecule has 0 heterocycles. The molecule has 0 amide bonds. The summed E-state index contributed by atoms with van der Waals surface area (Å²) in [4.78, 5) is 39.8. The number of carbonyl (C=O) groups is 2. The van der Waals surface area contributed by atoms with Gasteiger partial charge in [0, 0.05) is 18.9 Å². The van der Waals surface area contributed by atoms with Crippen LogP contribution in [-0.4, -0.2) is 55.7 Å². The predicted molar refractivity (Wildman–Crippen MR) is 35.3 cm³/mol. The number of carboxylic acid groups (broad SMARTS) is 2. The molecule has 0 aromatic heterocycles. The average molecular weight is 195 g/mol. The second-order valence-corrected chi connectivity index (χ2v) is 2.15. The van der Waals surface area contributed by atoms with Gasteiger partial charge in [-0.25, -0.2) is 14.2 Å². The smallest absolute Gasteiger partial charge is 0.466 e. The summed E-state index contributed by atoms with van der Waals surface area (Å²) in [6, 6.07) is 0. The molecule has 0 aromatic carbocycles. The van der Waals surface area contributed by atoms with Crippen LogP contribution in [0.4, 0.5) is 0 Å². The Morgan fingerprint density at radius 1 is 0.917 bits per heavy atom. The van der Waals surface area contributed by atoms with Crippen LogP contribution in [0.1, 0.15) is 0 Å². The van der Waals surface area contributed by atoms with Gasteiger partial charge >= 0.3 is 19.8 Å². The van der Waals surface area contributed by atoms with Crippen molar-refractivity contribution < 1.29 is 39.0 Å². The zero-order valence-electron chi connectivity index (χ0n) is 5.91. The topological polar surface area (TPSA) is 152 Å². The summed E-state index contributed by atoms with van der Waals surface area (Å²) in [6.45, 7) is 0. The van der Waals surface area contributed by atoms with Crippen molar-refractivity contribution in [1.29, 1.82) is 0 Å². The van der Waals surface area contributed by atoms with E-state index < -0.39 is 19.8 Å². The maximum atomic E-state index is 9.10. The fraction of sp³-hybridized carbons (Fsp3) is 0. The van der Waals surface area contributed by atoms with Gasteiger partial charge in [0.15, 0.2) is 0 Å². The van der Waals surface area contributed by atoms with Gasteiger partial charge in [-0.2, -0.15) is 0 Å². The zero-order chi connectivity index (χ0) is 9.65. The first-order valence-corrected chi connectivity index (χ1v) is 3.45. The molecule has 0 aliphatic rings. The number of hydrogen-bond donors (Lipinski definition) is 5. The van der Waals surface area contributed by atoms with Crippen LogP contribution >= 0.6 is 7.82 Å². The Labute approximate surface area is 78.3 Å². The third-order valence-corrected chi connectivity index (χ3v) is 0.183. The monoisotopic (exact) mass is 195 g/mol. The van der Waals surface area contributed by atoms with Gasteiger partial charge in [0.05, 0.1) is 0 Å². The summed E-state index contributed by atoms with van der Waals surface area (Å²) < 4.78 is 8.88. The van der Waals surface area contributed by atoms with E-state index in [1.54, 1.807) is 0 Å². The van der Waals surface area contributed by atoms with Crippen molar-refractivity contribution in [2.45, 2.75) is 0 Å². The number of carboxylic acids is 2. The number of aliphatic carboxylic acids is 2. The quantitative estimate of drug-likeness (QED) is 0.166. The molecule has 0 aromatic rings. The minimum atomic E-state index is -4.64. The SMILES string of the molecule is O=C(O)C(=O)O.O=P(O)(O)O.[Li]. The maximum Gasteiger partial charge on any atom is 0.466 e. The molecular weight excluding hydrogens is 190 g/mol. The van der Waals surface area contributed by atoms with Gasteiger partial charge in [-0.05, 0) is 0 Å². The molecule has 0 aliphatic carbocycles. The van der Waals surface area contributed by atoms with Gasteiger partial charge in [0.1, 0.15) is 0 Å². The molecule has 0 aliphatic heterocycles. The van der Waals surface area contributed by atoms with E-state index in [-0.39, 0.29) is 18.9 Å². The summed E-state index contributed by atoms with van der Waals surface area (Å²) in [5, 5.41) is 14.8. The first-order chi connectivity index (χ1) is 4.64. The Kier molecular flexibility index (Phi) is 10.7. The Bertz CT molecular complexity index is 173. The van der Waals surface area contributed by atoms with Gasteiger partial charge in [-0.3, -0.25) is 0 Å². The van der Waals surface area contributed by atoms with Crippen LogP contribution in [0.3, 0.4) is 0 Å². The van der Waals surface area contributed by atoms with E-state index in [1.807, 2.05) is 0 Å². The van der Waals surface area contributed by atoms with Crippen LogP contribution in [0.5, 0.6) is 0 Å². The Hall–Kier alpha value is -0.353. The van der Waals surface area contributed by atoms with Crippen molar-refractivity contribution in [2.24, 2.45) is 0 Å². The van der Waals surface area contributed by atoms with Crippen LogP contribution in [0.2, 0.25) is 0 Å². The zero-order valence-corrected chi connectivity index (χ0v) is 6.80. The van der Waals surface area contributed by atoms with Crippen molar-refractivity contribution in [2.75, 3.05) is 0 Å². The Morgan fingerprint density at radius 2 is 1.00 bits per heavy atom. The van der Waals surface area contributed by atoms with E-state index in [4.69, 9.17) is 39.0 Å². The molecule has 0 saturated heterocycles. The predicted octanol–water partition coefficient (Wildman–Crippen LogP) is -2.15. The summed E-state index contributed by atoms with van der Waals surface area (Å²) in [5.74, 6) is -3.65. The van der Waals surface area contributed by atoms with E-state index >= 15 is 0 Å². The van der Waals surface area contributed by atoms with Crippen molar-refractivity contribution in [1.82, 2.24) is 0 Å². The summed E-state index contributed by atoms with van der Waals surface area (Å²) in [6.07, 6.45) is 0. The molecular formula is C2H5LiO8P. The summed E-state index contributed by atoms with van der Waals surface area (Å²) in [5.41, 5.74) is 0. The molecule has 0 atom stereocenters. The molecule has 0 spiro atoms. The van der Waals surface area contributed by atoms with E-state index in [1.165, 1.54) is 0 Å². The number of phosphoric acid groups is 1. The Balaban J connectivity index is -0.000000126. The fourth-order valence-electron chi connectivity index (χ4n) is 0. The van der Waals surface area contributed by atoms with Gasteiger partial charge < -0.3 is 24.9 Å². The van der Waals surface area contributed by atoms with Crippen LogP contribution in [0.15, 0.2) is 0 Å². The maximum absolute atomic E-state index is 9.10. The van der Waals surface area contributed by atoms with Crippen LogP contribution < -0.4 is 0 Å². The molecule has 0 saturated carbocycles. The standard InChI is InChI=1S/C2H2O4.Li.H3O4P/c3-1(4)2(5)6;;1-5(2,3)4/h(H,3,4)(H,5,6);;(H3,1,2,3,4). The van der Waals surface area contributed by atoms with E-state index in [0.717, 1.165) is 0 Å². The molecule has 5 N–H and O–H groups in total. The van der Waals surface area contributed by atoms with E-state index in [0.29, 0.717) is 0 Å². The second-order valence-electron chi connectivity index (χ2n) is 1.12. The van der Waals surface area contributed by atoms with Gasteiger partial charge in [-0.1, -0.05) is 0 Å². The van der Waals surface area contributed by atoms with Crippen molar-refractivity contribution in [3.05, 3.63) is 0 Å². The third-order valence-electron chi connectivity index (χ3n) is 0.183. The van der Waals surface area contributed by atoms with E-state index in [9.17, 15) is 0 Å². The molecule has 0 fully saturated rings. The number of hydrogen-bond acceptors (Lipinski definition) is 3. The molecule has 1 radical (unpaired) electrons. The minimum absolute atomic E-state index is 0.